The van der Waals surface area contributed by atoms with E-state index >= 15 is 0 Å². The van der Waals surface area contributed by atoms with Crippen molar-refractivity contribution in [3.8, 4) is 23.0 Å². The van der Waals surface area contributed by atoms with E-state index in [2.05, 4.69) is 4.98 Å². The van der Waals surface area contributed by atoms with Crippen molar-refractivity contribution in [1.29, 1.82) is 0 Å². The van der Waals surface area contributed by atoms with Crippen LogP contribution in [0.25, 0.3) is 10.2 Å². The Kier molecular flexibility index (Phi) is 7.09. The quantitative estimate of drug-likeness (QED) is 0.154. The maximum absolute atomic E-state index is 13.2. The Morgan fingerprint density at radius 3 is 2.59 bits per heavy atom. The molecule has 2 aromatic heterocycles. The molecule has 0 unspecified atom stereocenters. The number of Topliss-reactive ketones (excluding diaryl/α,β-unsaturated/α-hetero) is 1. The van der Waals surface area contributed by atoms with Crippen molar-refractivity contribution >= 4 is 39.1 Å². The van der Waals surface area contributed by atoms with Crippen LogP contribution in [-0.2, 0) is 13.0 Å². The molecule has 4 rings (SSSR count). The second kappa shape index (κ2) is 10.2. The number of ether oxygens (including phenoxy) is 2. The maximum Gasteiger partial charge on any atom is 0.272 e. The topological polar surface area (TPSA) is 111 Å². The van der Waals surface area contributed by atoms with Crippen LogP contribution >= 0.6 is 23.1 Å². The number of aromatic nitrogens is 2. The molecule has 0 saturated carbocycles. The summed E-state index contributed by atoms with van der Waals surface area (Å²) in [4.78, 5) is 30.4. The minimum Gasteiger partial charge on any atom is -0.504 e. The van der Waals surface area contributed by atoms with Gasteiger partial charge in [-0.25, -0.2) is 4.98 Å². The molecule has 176 valence electrons. The van der Waals surface area contributed by atoms with E-state index in [-0.39, 0.29) is 34.2 Å². The third-order valence-electron chi connectivity index (χ3n) is 5.23. The van der Waals surface area contributed by atoms with Gasteiger partial charge in [-0.1, -0.05) is 17.8 Å². The Morgan fingerprint density at radius 2 is 1.85 bits per heavy atom. The minimum absolute atomic E-state index is 0.0165. The van der Waals surface area contributed by atoms with Crippen molar-refractivity contribution in [1.82, 2.24) is 9.55 Å². The number of aromatic hydroxyl groups is 2. The van der Waals surface area contributed by atoms with Gasteiger partial charge < -0.3 is 19.7 Å². The summed E-state index contributed by atoms with van der Waals surface area (Å²) in [6.45, 7) is 0.367. The van der Waals surface area contributed by atoms with Crippen LogP contribution in [-0.4, -0.2) is 45.5 Å². The lowest BCUT2D eigenvalue weighted by Gasteiger charge is -2.13. The Balaban J connectivity index is 1.59. The summed E-state index contributed by atoms with van der Waals surface area (Å²) in [5.41, 5.74) is 1.66. The van der Waals surface area contributed by atoms with Gasteiger partial charge in [0.2, 0.25) is 0 Å². The van der Waals surface area contributed by atoms with Crippen LogP contribution in [0.5, 0.6) is 23.0 Å². The minimum atomic E-state index is -0.361. The van der Waals surface area contributed by atoms with E-state index in [1.807, 2.05) is 23.6 Å². The number of hydrogen-bond donors (Lipinski definition) is 2. The number of phenolic OH excluding ortho intramolecular Hbond substituents is 2. The molecule has 4 aromatic rings. The van der Waals surface area contributed by atoms with Crippen molar-refractivity contribution in [3.63, 3.8) is 0 Å². The summed E-state index contributed by atoms with van der Waals surface area (Å²) in [6.07, 6.45) is 0.548. The molecule has 0 aliphatic rings. The highest BCUT2D eigenvalue weighted by molar-refractivity contribution is 7.99. The second-order valence-corrected chi connectivity index (χ2v) is 9.20. The molecule has 0 radical (unpaired) electrons. The molecule has 0 bridgehead atoms. The number of carbonyl (C=O) groups is 1. The molecule has 2 N–H and O–H groups in total. The number of rotatable bonds is 9. The Bertz CT molecular complexity index is 1410. The molecule has 0 aliphatic carbocycles. The normalized spacial score (nSPS) is 11.0. The number of hydrogen-bond acceptors (Lipinski definition) is 9. The van der Waals surface area contributed by atoms with Gasteiger partial charge in [0.05, 0.1) is 25.5 Å². The fraction of sp³-hybridized carbons (Fsp3) is 0.208. The van der Waals surface area contributed by atoms with Crippen LogP contribution < -0.4 is 15.0 Å². The average Bonchev–Trinajstić information content (AvgIpc) is 3.32. The van der Waals surface area contributed by atoms with E-state index in [1.165, 1.54) is 29.5 Å². The van der Waals surface area contributed by atoms with Crippen molar-refractivity contribution in [2.75, 3.05) is 20.0 Å². The van der Waals surface area contributed by atoms with E-state index in [9.17, 15) is 19.8 Å². The van der Waals surface area contributed by atoms with Gasteiger partial charge in [-0.2, -0.15) is 0 Å². The van der Waals surface area contributed by atoms with Crippen molar-refractivity contribution in [2.45, 2.75) is 18.1 Å². The monoisotopic (exact) mass is 498 g/mol. The summed E-state index contributed by atoms with van der Waals surface area (Å²) >= 11 is 2.49. The van der Waals surface area contributed by atoms with Gasteiger partial charge in [0, 0.05) is 12.1 Å². The first kappa shape index (κ1) is 23.7. The third kappa shape index (κ3) is 4.87. The summed E-state index contributed by atoms with van der Waals surface area (Å²) < 4.78 is 12.8. The first-order chi connectivity index (χ1) is 16.4. The standard InChI is InChI=1S/C24H22N2O6S2/c1-31-20-6-3-14(11-21(20)32-2)7-9-26-23(30)22-16(8-10-33-22)25-24(26)34-13-19(29)15-4-5-17(27)18(28)12-15/h3-6,8,10-12,27-28H,7,9,13H2,1-2H3. The SMILES string of the molecule is COc1ccc(CCn2c(SCC(=O)c3ccc(O)c(O)c3)nc3ccsc3c2=O)cc1OC. The van der Waals surface area contributed by atoms with Gasteiger partial charge in [0.15, 0.2) is 33.9 Å². The zero-order chi connectivity index (χ0) is 24.2. The molecule has 0 fully saturated rings. The average molecular weight is 499 g/mol. The van der Waals surface area contributed by atoms with E-state index in [4.69, 9.17) is 9.47 Å². The number of phenols is 2. The fourth-order valence-corrected chi connectivity index (χ4v) is 5.12. The lowest BCUT2D eigenvalue weighted by molar-refractivity contribution is 0.102. The first-order valence-electron chi connectivity index (χ1n) is 10.3. The highest BCUT2D eigenvalue weighted by atomic mass is 32.2. The number of benzene rings is 2. The lowest BCUT2D eigenvalue weighted by atomic mass is 10.1. The van der Waals surface area contributed by atoms with Gasteiger partial charge in [-0.3, -0.25) is 14.2 Å². The number of carbonyl (C=O) groups excluding carboxylic acids is 1. The predicted octanol–water partition coefficient (Wildman–Crippen LogP) is 4.10. The number of thiophene rings is 1. The molecule has 8 nitrogen and oxygen atoms in total. The van der Waals surface area contributed by atoms with Crippen molar-refractivity contribution in [2.24, 2.45) is 0 Å². The van der Waals surface area contributed by atoms with Crippen LogP contribution in [0.15, 0.2) is 57.8 Å². The van der Waals surface area contributed by atoms with E-state index < -0.39 is 0 Å². The molecule has 0 spiro atoms. The van der Waals surface area contributed by atoms with E-state index in [0.29, 0.717) is 39.8 Å². The zero-order valence-corrected chi connectivity index (χ0v) is 20.1. The van der Waals surface area contributed by atoms with E-state index in [0.717, 1.165) is 17.3 Å². The number of methoxy groups -OCH3 is 2. The molecule has 34 heavy (non-hydrogen) atoms. The molecular formula is C24H22N2O6S2. The van der Waals surface area contributed by atoms with Gasteiger partial charge >= 0.3 is 0 Å². The molecule has 2 heterocycles. The first-order valence-corrected chi connectivity index (χ1v) is 12.1. The Hall–Kier alpha value is -3.50. The zero-order valence-electron chi connectivity index (χ0n) is 18.5. The molecule has 10 heteroatoms. The van der Waals surface area contributed by atoms with E-state index in [1.54, 1.807) is 24.9 Å². The molecular weight excluding hydrogens is 476 g/mol. The van der Waals surface area contributed by atoms with Gasteiger partial charge in [-0.15, -0.1) is 11.3 Å². The number of nitrogens with zero attached hydrogens (tertiary/aromatic N) is 2. The highest BCUT2D eigenvalue weighted by Gasteiger charge is 2.16. The predicted molar refractivity (Wildman–Crippen MR) is 132 cm³/mol. The summed E-state index contributed by atoms with van der Waals surface area (Å²) in [7, 11) is 3.14. The fourth-order valence-electron chi connectivity index (χ4n) is 3.42. The molecule has 0 aliphatic heterocycles. The Labute approximate surface area is 203 Å². The third-order valence-corrected chi connectivity index (χ3v) is 7.10. The second-order valence-electron chi connectivity index (χ2n) is 7.34. The number of thioether (sulfide) groups is 1. The van der Waals surface area contributed by atoms with Crippen LogP contribution in [0.2, 0.25) is 0 Å². The smallest absolute Gasteiger partial charge is 0.272 e. The molecule has 0 saturated heterocycles. The molecule has 0 amide bonds. The van der Waals surface area contributed by atoms with Crippen LogP contribution in [0, 0.1) is 0 Å². The summed E-state index contributed by atoms with van der Waals surface area (Å²) in [5, 5.41) is 21.4. The molecule has 2 aromatic carbocycles. The number of ketones is 1. The lowest BCUT2D eigenvalue weighted by Crippen LogP contribution is -2.24. The van der Waals surface area contributed by atoms with Crippen molar-refractivity contribution in [3.05, 3.63) is 69.3 Å². The number of aryl methyl sites for hydroxylation is 1. The van der Waals surface area contributed by atoms with Gasteiger partial charge in [-0.05, 0) is 53.8 Å². The van der Waals surface area contributed by atoms with Crippen LogP contribution in [0.1, 0.15) is 15.9 Å². The van der Waals surface area contributed by atoms with Crippen LogP contribution in [0.4, 0.5) is 0 Å². The molecule has 0 atom stereocenters. The largest absolute Gasteiger partial charge is 0.504 e. The van der Waals surface area contributed by atoms with Crippen LogP contribution in [0.3, 0.4) is 0 Å². The summed E-state index contributed by atoms with van der Waals surface area (Å²) in [5.74, 6) is 0.337. The Morgan fingerprint density at radius 1 is 1.06 bits per heavy atom. The van der Waals surface area contributed by atoms with Gasteiger partial charge in [0.1, 0.15) is 4.70 Å². The number of fused-ring (bicyclic) bond motifs is 1. The highest BCUT2D eigenvalue weighted by Crippen LogP contribution is 2.29. The van der Waals surface area contributed by atoms with Gasteiger partial charge in [0.25, 0.3) is 5.56 Å². The maximum atomic E-state index is 13.2. The van der Waals surface area contributed by atoms with Crippen molar-refractivity contribution < 1.29 is 24.5 Å². The summed E-state index contributed by atoms with van der Waals surface area (Å²) in [6, 6.07) is 11.3.